The van der Waals surface area contributed by atoms with Gasteiger partial charge in [0.05, 0.1) is 10.2 Å². The third-order valence-electron chi connectivity index (χ3n) is 2.40. The van der Waals surface area contributed by atoms with E-state index in [0.29, 0.717) is 5.56 Å². The minimum Gasteiger partial charge on any atom is -0.478 e. The fourth-order valence-electron chi connectivity index (χ4n) is 1.51. The molecule has 0 radical (unpaired) electrons. The standard InChI is InChI=1S/C12H16BrNO2/c1-2-3-4-5-6-7-14-9-10(12(15)16)8-11(14)13/h2,8-9H,1,3-7H2,(H,15,16). The molecule has 1 N–H and O–H groups in total. The van der Waals surface area contributed by atoms with Crippen LogP contribution in [0.1, 0.15) is 36.0 Å². The zero-order valence-electron chi connectivity index (χ0n) is 9.16. The number of carboxylic acid groups (broad SMARTS) is 1. The molecule has 0 saturated heterocycles. The van der Waals surface area contributed by atoms with Crippen LogP contribution in [0.25, 0.3) is 0 Å². The maximum absolute atomic E-state index is 10.7. The molecule has 0 fully saturated rings. The SMILES string of the molecule is C=CCCCCCn1cc(C(=O)O)cc1Br. The van der Waals surface area contributed by atoms with Gasteiger partial charge in [-0.3, -0.25) is 0 Å². The maximum Gasteiger partial charge on any atom is 0.337 e. The van der Waals surface area contributed by atoms with Gasteiger partial charge in [-0.05, 0) is 41.3 Å². The molecule has 0 aromatic carbocycles. The number of aryl methyl sites for hydroxylation is 1. The lowest BCUT2D eigenvalue weighted by Gasteiger charge is -2.03. The van der Waals surface area contributed by atoms with Gasteiger partial charge in [-0.15, -0.1) is 6.58 Å². The number of halogens is 1. The Morgan fingerprint density at radius 3 is 2.81 bits per heavy atom. The lowest BCUT2D eigenvalue weighted by atomic mass is 10.2. The monoisotopic (exact) mass is 285 g/mol. The summed E-state index contributed by atoms with van der Waals surface area (Å²) in [5.74, 6) is -0.883. The van der Waals surface area contributed by atoms with Crippen LogP contribution in [0.15, 0.2) is 29.5 Å². The van der Waals surface area contributed by atoms with Crippen molar-refractivity contribution >= 4 is 21.9 Å². The number of hydrogen-bond acceptors (Lipinski definition) is 1. The minimum atomic E-state index is -0.883. The van der Waals surface area contributed by atoms with Crippen LogP contribution in [0, 0.1) is 0 Å². The first-order valence-electron chi connectivity index (χ1n) is 5.35. The molecular weight excluding hydrogens is 270 g/mol. The van der Waals surface area contributed by atoms with Gasteiger partial charge in [0.15, 0.2) is 0 Å². The van der Waals surface area contributed by atoms with Crippen LogP contribution in [0.3, 0.4) is 0 Å². The summed E-state index contributed by atoms with van der Waals surface area (Å²) in [6.07, 6.45) is 7.98. The van der Waals surface area contributed by atoms with Crippen LogP contribution < -0.4 is 0 Å². The second-order valence-electron chi connectivity index (χ2n) is 3.69. The van der Waals surface area contributed by atoms with Crippen LogP contribution in [0.2, 0.25) is 0 Å². The van der Waals surface area contributed by atoms with Gasteiger partial charge in [-0.2, -0.15) is 0 Å². The molecule has 0 spiro atoms. The Kier molecular flexibility index (Phi) is 5.32. The smallest absolute Gasteiger partial charge is 0.337 e. The Balaban J connectivity index is 2.41. The van der Waals surface area contributed by atoms with Crippen molar-refractivity contribution in [2.45, 2.75) is 32.2 Å². The summed E-state index contributed by atoms with van der Waals surface area (Å²) in [5, 5.41) is 8.82. The molecule has 4 heteroatoms. The first kappa shape index (κ1) is 13.0. The van der Waals surface area contributed by atoms with Gasteiger partial charge >= 0.3 is 5.97 Å². The molecule has 3 nitrogen and oxygen atoms in total. The molecule has 0 aliphatic heterocycles. The zero-order valence-corrected chi connectivity index (χ0v) is 10.7. The second kappa shape index (κ2) is 6.53. The number of unbranched alkanes of at least 4 members (excludes halogenated alkanes) is 3. The number of rotatable bonds is 7. The van der Waals surface area contributed by atoms with Crippen molar-refractivity contribution in [3.63, 3.8) is 0 Å². The van der Waals surface area contributed by atoms with E-state index < -0.39 is 5.97 Å². The molecule has 0 unspecified atom stereocenters. The van der Waals surface area contributed by atoms with Crippen LogP contribution in [0.5, 0.6) is 0 Å². The second-order valence-corrected chi connectivity index (χ2v) is 4.50. The number of hydrogen-bond donors (Lipinski definition) is 1. The highest BCUT2D eigenvalue weighted by atomic mass is 79.9. The van der Waals surface area contributed by atoms with Crippen molar-refractivity contribution in [2.75, 3.05) is 0 Å². The topological polar surface area (TPSA) is 42.2 Å². The van der Waals surface area contributed by atoms with Crippen LogP contribution in [-0.4, -0.2) is 15.6 Å². The van der Waals surface area contributed by atoms with Gasteiger partial charge in [0.25, 0.3) is 0 Å². The van der Waals surface area contributed by atoms with E-state index in [0.717, 1.165) is 36.8 Å². The Labute approximate surface area is 104 Å². The van der Waals surface area contributed by atoms with Crippen molar-refractivity contribution in [1.29, 1.82) is 0 Å². The molecule has 0 aliphatic rings. The van der Waals surface area contributed by atoms with Gasteiger partial charge < -0.3 is 9.67 Å². The first-order chi connectivity index (χ1) is 7.65. The average Bonchev–Trinajstić information content (AvgIpc) is 2.60. The number of nitrogens with zero attached hydrogens (tertiary/aromatic N) is 1. The number of aromatic carboxylic acids is 1. The summed E-state index contributed by atoms with van der Waals surface area (Å²) >= 11 is 3.35. The first-order valence-corrected chi connectivity index (χ1v) is 6.14. The molecule has 1 aromatic rings. The Bertz CT molecular complexity index is 371. The highest BCUT2D eigenvalue weighted by molar-refractivity contribution is 9.10. The van der Waals surface area contributed by atoms with E-state index in [1.165, 1.54) is 0 Å². The van der Waals surface area contributed by atoms with Crippen molar-refractivity contribution in [3.8, 4) is 0 Å². The predicted octanol–water partition coefficient (Wildman–Crippen LogP) is 3.70. The number of carbonyl (C=O) groups is 1. The Morgan fingerprint density at radius 1 is 1.50 bits per heavy atom. The molecule has 1 aromatic heterocycles. The van der Waals surface area contributed by atoms with Crippen molar-refractivity contribution < 1.29 is 9.90 Å². The molecular formula is C12H16BrNO2. The largest absolute Gasteiger partial charge is 0.478 e. The summed E-state index contributed by atoms with van der Waals surface area (Å²) in [6.45, 7) is 4.53. The third-order valence-corrected chi connectivity index (χ3v) is 3.08. The van der Waals surface area contributed by atoms with Gasteiger partial charge in [-0.1, -0.05) is 12.5 Å². The molecule has 1 rings (SSSR count). The van der Waals surface area contributed by atoms with Gasteiger partial charge in [-0.25, -0.2) is 4.79 Å². The summed E-state index contributed by atoms with van der Waals surface area (Å²) < 4.78 is 2.76. The lowest BCUT2D eigenvalue weighted by Crippen LogP contribution is -1.97. The highest BCUT2D eigenvalue weighted by Crippen LogP contribution is 2.16. The Morgan fingerprint density at radius 2 is 2.25 bits per heavy atom. The maximum atomic E-state index is 10.7. The molecule has 0 amide bonds. The lowest BCUT2D eigenvalue weighted by molar-refractivity contribution is 0.0697. The van der Waals surface area contributed by atoms with E-state index in [1.54, 1.807) is 12.3 Å². The van der Waals surface area contributed by atoms with Gasteiger partial charge in [0.2, 0.25) is 0 Å². The molecule has 1 heterocycles. The fraction of sp³-hybridized carbons (Fsp3) is 0.417. The van der Waals surface area contributed by atoms with E-state index >= 15 is 0 Å². The van der Waals surface area contributed by atoms with Gasteiger partial charge in [0, 0.05) is 12.7 Å². The normalized spacial score (nSPS) is 10.3. The molecule has 0 atom stereocenters. The molecule has 0 bridgehead atoms. The van der Waals surface area contributed by atoms with Gasteiger partial charge in [0.1, 0.15) is 0 Å². The van der Waals surface area contributed by atoms with Crippen LogP contribution in [-0.2, 0) is 6.54 Å². The number of allylic oxidation sites excluding steroid dienone is 1. The van der Waals surface area contributed by atoms with E-state index in [-0.39, 0.29) is 0 Å². The molecule has 88 valence electrons. The highest BCUT2D eigenvalue weighted by Gasteiger charge is 2.08. The molecule has 16 heavy (non-hydrogen) atoms. The summed E-state index contributed by atoms with van der Waals surface area (Å²) in [4.78, 5) is 10.7. The van der Waals surface area contributed by atoms with E-state index in [9.17, 15) is 4.79 Å². The number of aromatic nitrogens is 1. The van der Waals surface area contributed by atoms with E-state index in [2.05, 4.69) is 22.5 Å². The summed E-state index contributed by atoms with van der Waals surface area (Å²) in [6, 6.07) is 1.63. The average molecular weight is 286 g/mol. The van der Waals surface area contributed by atoms with Crippen molar-refractivity contribution in [3.05, 3.63) is 35.1 Å². The van der Waals surface area contributed by atoms with E-state index in [1.807, 2.05) is 10.6 Å². The number of carboxylic acids is 1. The minimum absolute atomic E-state index is 0.331. The molecule has 0 saturated carbocycles. The van der Waals surface area contributed by atoms with Crippen molar-refractivity contribution in [1.82, 2.24) is 4.57 Å². The quantitative estimate of drug-likeness (QED) is 0.613. The predicted molar refractivity (Wildman–Crippen MR) is 67.8 cm³/mol. The van der Waals surface area contributed by atoms with E-state index in [4.69, 9.17) is 5.11 Å². The zero-order chi connectivity index (χ0) is 12.0. The third kappa shape index (κ3) is 3.85. The van der Waals surface area contributed by atoms with Crippen LogP contribution >= 0.6 is 15.9 Å². The summed E-state index contributed by atoms with van der Waals surface area (Å²) in [5.41, 5.74) is 0.331. The van der Waals surface area contributed by atoms with Crippen LogP contribution in [0.4, 0.5) is 0 Å². The Hall–Kier alpha value is -1.03. The van der Waals surface area contributed by atoms with Crippen molar-refractivity contribution in [2.24, 2.45) is 0 Å². The molecule has 0 aliphatic carbocycles. The summed E-state index contributed by atoms with van der Waals surface area (Å²) in [7, 11) is 0. The fourth-order valence-corrected chi connectivity index (χ4v) is 2.04.